The molecule has 0 aliphatic heterocycles. The second-order valence-electron chi connectivity index (χ2n) is 4.56. The van der Waals surface area contributed by atoms with Crippen LogP contribution in [-0.2, 0) is 7.05 Å². The zero-order valence-electron chi connectivity index (χ0n) is 11.5. The number of nitrogens with zero attached hydrogens (tertiary/aromatic N) is 3. The molecule has 0 aromatic carbocycles. The Morgan fingerprint density at radius 1 is 1.37 bits per heavy atom. The molecule has 2 rings (SSSR count). The van der Waals surface area contributed by atoms with Crippen LogP contribution in [0.2, 0.25) is 0 Å². The number of aromatic nitrogens is 3. The van der Waals surface area contributed by atoms with E-state index in [2.05, 4.69) is 10.2 Å². The number of hydrogen-bond acceptors (Lipinski definition) is 5. The third-order valence-electron chi connectivity index (χ3n) is 3.36. The van der Waals surface area contributed by atoms with Gasteiger partial charge in [0, 0.05) is 12.8 Å². The molecular weight excluding hydrogens is 278 g/mol. The second-order valence-corrected chi connectivity index (χ2v) is 6.45. The van der Waals surface area contributed by atoms with Crippen LogP contribution in [0, 0.1) is 0 Å². The van der Waals surface area contributed by atoms with E-state index in [0.29, 0.717) is 5.75 Å². The first-order valence-corrected chi connectivity index (χ1v) is 8.24. The van der Waals surface area contributed by atoms with Gasteiger partial charge in [0.2, 0.25) is 0 Å². The van der Waals surface area contributed by atoms with Crippen molar-refractivity contribution in [3.8, 4) is 10.7 Å². The van der Waals surface area contributed by atoms with Gasteiger partial charge in [-0.2, -0.15) is 0 Å². The fourth-order valence-electron chi connectivity index (χ4n) is 1.71. The maximum atomic E-state index is 10.3. The molecule has 0 unspecified atom stereocenters. The number of rotatable bonds is 6. The molecular formula is C13H19N3OS2. The molecule has 19 heavy (non-hydrogen) atoms. The summed E-state index contributed by atoms with van der Waals surface area (Å²) in [4.78, 5) is 1.11. The molecule has 0 radical (unpaired) electrons. The molecule has 0 fully saturated rings. The highest BCUT2D eigenvalue weighted by Gasteiger charge is 2.24. The number of hydrogen-bond donors (Lipinski definition) is 1. The maximum Gasteiger partial charge on any atom is 0.191 e. The summed E-state index contributed by atoms with van der Waals surface area (Å²) in [5.74, 6) is 1.53. The second kappa shape index (κ2) is 6.07. The Kier molecular flexibility index (Phi) is 4.65. The van der Waals surface area contributed by atoms with Gasteiger partial charge in [-0.15, -0.1) is 21.5 Å². The molecule has 0 spiro atoms. The molecule has 0 aliphatic rings. The van der Waals surface area contributed by atoms with E-state index in [4.69, 9.17) is 0 Å². The highest BCUT2D eigenvalue weighted by Crippen LogP contribution is 2.29. The van der Waals surface area contributed by atoms with Gasteiger partial charge in [0.05, 0.1) is 10.5 Å². The minimum absolute atomic E-state index is 0.611. The minimum atomic E-state index is -0.611. The summed E-state index contributed by atoms with van der Waals surface area (Å²) in [5.41, 5.74) is -0.611. The molecule has 2 aromatic heterocycles. The van der Waals surface area contributed by atoms with Crippen molar-refractivity contribution in [1.82, 2.24) is 14.8 Å². The average molecular weight is 297 g/mol. The van der Waals surface area contributed by atoms with Crippen LogP contribution in [-0.4, -0.2) is 31.2 Å². The molecule has 0 atom stereocenters. The van der Waals surface area contributed by atoms with Crippen LogP contribution in [0.15, 0.2) is 22.7 Å². The van der Waals surface area contributed by atoms with Crippen LogP contribution in [0.4, 0.5) is 0 Å². The van der Waals surface area contributed by atoms with E-state index >= 15 is 0 Å². The Bertz CT molecular complexity index is 518. The first-order valence-electron chi connectivity index (χ1n) is 6.38. The first-order chi connectivity index (χ1) is 9.09. The molecule has 0 saturated carbocycles. The van der Waals surface area contributed by atoms with E-state index in [1.807, 2.05) is 43.0 Å². The summed E-state index contributed by atoms with van der Waals surface area (Å²) < 4.78 is 1.99. The minimum Gasteiger partial charge on any atom is -0.389 e. The average Bonchev–Trinajstić information content (AvgIpc) is 3.06. The Morgan fingerprint density at radius 2 is 2.11 bits per heavy atom. The number of thioether (sulfide) groups is 1. The molecule has 0 bridgehead atoms. The van der Waals surface area contributed by atoms with Crippen molar-refractivity contribution < 1.29 is 5.11 Å². The smallest absolute Gasteiger partial charge is 0.191 e. The molecule has 0 saturated heterocycles. The summed E-state index contributed by atoms with van der Waals surface area (Å²) >= 11 is 3.22. The predicted octanol–water partition coefficient (Wildman–Crippen LogP) is 3.19. The van der Waals surface area contributed by atoms with E-state index in [-0.39, 0.29) is 0 Å². The van der Waals surface area contributed by atoms with Crippen molar-refractivity contribution in [1.29, 1.82) is 0 Å². The predicted molar refractivity (Wildman–Crippen MR) is 80.6 cm³/mol. The van der Waals surface area contributed by atoms with Crippen LogP contribution < -0.4 is 0 Å². The van der Waals surface area contributed by atoms with Gasteiger partial charge >= 0.3 is 0 Å². The summed E-state index contributed by atoms with van der Waals surface area (Å²) in [6, 6.07) is 4.05. The summed E-state index contributed by atoms with van der Waals surface area (Å²) in [6.07, 6.45) is 1.51. The Labute approximate surface area is 121 Å². The first kappa shape index (κ1) is 14.6. The normalized spacial score (nSPS) is 12.0. The lowest BCUT2D eigenvalue weighted by atomic mass is 10.0. The van der Waals surface area contributed by atoms with Gasteiger partial charge in [-0.3, -0.25) is 0 Å². The topological polar surface area (TPSA) is 50.9 Å². The van der Waals surface area contributed by atoms with Gasteiger partial charge in [-0.25, -0.2) is 0 Å². The van der Waals surface area contributed by atoms with Gasteiger partial charge in [-0.1, -0.05) is 31.7 Å². The molecule has 104 valence electrons. The third kappa shape index (κ3) is 3.19. The highest BCUT2D eigenvalue weighted by molar-refractivity contribution is 7.99. The summed E-state index contributed by atoms with van der Waals surface area (Å²) in [5, 5.41) is 21.6. The molecule has 4 nitrogen and oxygen atoms in total. The van der Waals surface area contributed by atoms with Gasteiger partial charge in [0.25, 0.3) is 0 Å². The molecule has 0 amide bonds. The lowest BCUT2D eigenvalue weighted by Gasteiger charge is -2.24. The summed E-state index contributed by atoms with van der Waals surface area (Å²) in [6.45, 7) is 4.02. The van der Waals surface area contributed by atoms with Gasteiger partial charge in [-0.05, 0) is 24.3 Å². The third-order valence-corrected chi connectivity index (χ3v) is 5.52. The van der Waals surface area contributed by atoms with Crippen molar-refractivity contribution in [2.24, 2.45) is 7.05 Å². The highest BCUT2D eigenvalue weighted by atomic mass is 32.2. The van der Waals surface area contributed by atoms with Crippen LogP contribution in [0.25, 0.3) is 10.7 Å². The fraction of sp³-hybridized carbons (Fsp3) is 0.538. The van der Waals surface area contributed by atoms with Crippen LogP contribution in [0.3, 0.4) is 0 Å². The zero-order valence-corrected chi connectivity index (χ0v) is 13.1. The van der Waals surface area contributed by atoms with E-state index in [9.17, 15) is 5.11 Å². The number of aliphatic hydroxyl groups is 1. The van der Waals surface area contributed by atoms with Gasteiger partial charge in [0.15, 0.2) is 11.0 Å². The van der Waals surface area contributed by atoms with Gasteiger partial charge < -0.3 is 9.67 Å². The Morgan fingerprint density at radius 3 is 2.68 bits per heavy atom. The molecule has 6 heteroatoms. The van der Waals surface area contributed by atoms with Crippen molar-refractivity contribution >= 4 is 23.1 Å². The van der Waals surface area contributed by atoms with Crippen molar-refractivity contribution in [3.05, 3.63) is 17.5 Å². The van der Waals surface area contributed by atoms with Crippen molar-refractivity contribution in [3.63, 3.8) is 0 Å². The van der Waals surface area contributed by atoms with E-state index in [0.717, 1.165) is 28.7 Å². The maximum absolute atomic E-state index is 10.3. The van der Waals surface area contributed by atoms with E-state index in [1.165, 1.54) is 0 Å². The van der Waals surface area contributed by atoms with Gasteiger partial charge in [0.1, 0.15) is 0 Å². The molecule has 2 heterocycles. The van der Waals surface area contributed by atoms with Crippen molar-refractivity contribution in [2.75, 3.05) is 5.75 Å². The fourth-order valence-corrected chi connectivity index (χ4v) is 3.64. The Hall–Kier alpha value is -0.850. The molecule has 1 N–H and O–H groups in total. The standard InChI is InChI=1S/C13H19N3OS2/c1-4-13(17,5-2)9-19-12-15-14-11(16(12)3)10-7-6-8-18-10/h6-8,17H,4-5,9H2,1-3H3. The largest absolute Gasteiger partial charge is 0.389 e. The lowest BCUT2D eigenvalue weighted by molar-refractivity contribution is 0.0571. The lowest BCUT2D eigenvalue weighted by Crippen LogP contribution is -2.29. The monoisotopic (exact) mass is 297 g/mol. The van der Waals surface area contributed by atoms with E-state index < -0.39 is 5.60 Å². The Balaban J connectivity index is 2.11. The summed E-state index contributed by atoms with van der Waals surface area (Å²) in [7, 11) is 1.97. The quantitative estimate of drug-likeness (QED) is 0.832. The number of thiophene rings is 1. The zero-order chi connectivity index (χ0) is 13.9. The molecule has 2 aromatic rings. The van der Waals surface area contributed by atoms with Crippen molar-refractivity contribution in [2.45, 2.75) is 37.4 Å². The van der Waals surface area contributed by atoms with Crippen LogP contribution in [0.5, 0.6) is 0 Å². The van der Waals surface area contributed by atoms with Crippen LogP contribution >= 0.6 is 23.1 Å². The molecule has 0 aliphatic carbocycles. The van der Waals surface area contributed by atoms with E-state index in [1.54, 1.807) is 23.1 Å². The SMILES string of the molecule is CCC(O)(CC)CSc1nnc(-c2cccs2)n1C. The van der Waals surface area contributed by atoms with Crippen LogP contribution in [0.1, 0.15) is 26.7 Å².